The van der Waals surface area contributed by atoms with Crippen molar-refractivity contribution in [2.24, 2.45) is 0 Å². The molecule has 0 atom stereocenters. The number of nitrogens with zero attached hydrogens (tertiary/aromatic N) is 2. The molecule has 0 saturated heterocycles. The molecule has 6 nitrogen and oxygen atoms in total. The number of hydrogen-bond donors (Lipinski definition) is 0. The lowest BCUT2D eigenvalue weighted by atomic mass is 10.1. The lowest BCUT2D eigenvalue weighted by Crippen LogP contribution is -2.29. The predicted octanol–water partition coefficient (Wildman–Crippen LogP) is 3.31. The Bertz CT molecular complexity index is 1140. The second-order valence-corrected chi connectivity index (χ2v) is 8.37. The molecule has 27 heavy (non-hydrogen) atoms. The summed E-state index contributed by atoms with van der Waals surface area (Å²) < 4.78 is 38.3. The largest absolute Gasteiger partial charge is 0.493 e. The molecule has 1 aliphatic rings. The van der Waals surface area contributed by atoms with Gasteiger partial charge in [0.15, 0.2) is 11.5 Å². The third-order valence-corrected chi connectivity index (χ3v) is 6.58. The Kier molecular flexibility index (Phi) is 4.19. The van der Waals surface area contributed by atoms with Crippen LogP contribution in [0.1, 0.15) is 11.1 Å². The highest BCUT2D eigenvalue weighted by Gasteiger charge is 2.33. The van der Waals surface area contributed by atoms with Crippen LogP contribution in [0.2, 0.25) is 0 Å². The van der Waals surface area contributed by atoms with Crippen molar-refractivity contribution in [2.45, 2.75) is 18.2 Å². The van der Waals surface area contributed by atoms with E-state index in [2.05, 4.69) is 11.1 Å². The average molecular weight is 384 g/mol. The fraction of sp³-hybridized carbons (Fsp3) is 0.250. The Morgan fingerprint density at radius 3 is 2.52 bits per heavy atom. The van der Waals surface area contributed by atoms with E-state index >= 15 is 0 Å². The number of hydrogen-bond acceptors (Lipinski definition) is 5. The first-order valence-corrected chi connectivity index (χ1v) is 10.0. The number of fused-ring (bicyclic) bond motifs is 2. The van der Waals surface area contributed by atoms with Crippen LogP contribution in [0.4, 0.5) is 5.82 Å². The van der Waals surface area contributed by atoms with E-state index in [1.807, 2.05) is 25.1 Å². The molecule has 140 valence electrons. The van der Waals surface area contributed by atoms with E-state index in [9.17, 15) is 8.42 Å². The molecule has 1 aliphatic heterocycles. The van der Waals surface area contributed by atoms with Crippen LogP contribution in [0.3, 0.4) is 0 Å². The highest BCUT2D eigenvalue weighted by Crippen LogP contribution is 2.36. The second-order valence-electron chi connectivity index (χ2n) is 6.51. The Hall–Kier alpha value is -2.80. The maximum Gasteiger partial charge on any atom is 0.265 e. The number of sulfonamides is 1. The van der Waals surface area contributed by atoms with Crippen LogP contribution in [0.15, 0.2) is 47.4 Å². The summed E-state index contributed by atoms with van der Waals surface area (Å²) in [6.45, 7) is 2.40. The van der Waals surface area contributed by atoms with Crippen molar-refractivity contribution in [3.8, 4) is 11.5 Å². The zero-order valence-electron chi connectivity index (χ0n) is 15.4. The maximum absolute atomic E-state index is 13.2. The van der Waals surface area contributed by atoms with Gasteiger partial charge in [0.2, 0.25) is 0 Å². The van der Waals surface area contributed by atoms with Gasteiger partial charge in [0, 0.05) is 18.0 Å². The van der Waals surface area contributed by atoms with E-state index in [1.54, 1.807) is 6.07 Å². The molecule has 0 saturated carbocycles. The van der Waals surface area contributed by atoms with Crippen molar-refractivity contribution >= 4 is 26.7 Å². The van der Waals surface area contributed by atoms with Gasteiger partial charge in [0.1, 0.15) is 5.82 Å². The van der Waals surface area contributed by atoms with Gasteiger partial charge in [-0.1, -0.05) is 11.6 Å². The van der Waals surface area contributed by atoms with E-state index in [4.69, 9.17) is 9.47 Å². The van der Waals surface area contributed by atoms with Gasteiger partial charge in [-0.25, -0.2) is 17.7 Å². The summed E-state index contributed by atoms with van der Waals surface area (Å²) in [6.07, 6.45) is 0.638. The van der Waals surface area contributed by atoms with Crippen molar-refractivity contribution < 1.29 is 17.9 Å². The van der Waals surface area contributed by atoms with Crippen molar-refractivity contribution in [3.05, 3.63) is 53.6 Å². The summed E-state index contributed by atoms with van der Waals surface area (Å²) >= 11 is 0. The molecule has 1 aromatic heterocycles. The van der Waals surface area contributed by atoms with Crippen LogP contribution in [-0.2, 0) is 16.4 Å². The quantitative estimate of drug-likeness (QED) is 0.690. The van der Waals surface area contributed by atoms with Gasteiger partial charge in [-0.15, -0.1) is 0 Å². The number of methoxy groups -OCH3 is 2. The molecule has 0 N–H and O–H groups in total. The van der Waals surface area contributed by atoms with Crippen molar-refractivity contribution in [2.75, 3.05) is 25.1 Å². The minimum Gasteiger partial charge on any atom is -0.493 e. The molecule has 3 aromatic rings. The summed E-state index contributed by atoms with van der Waals surface area (Å²) in [6, 6.07) is 12.6. The fourth-order valence-corrected chi connectivity index (χ4v) is 4.86. The van der Waals surface area contributed by atoms with Crippen LogP contribution >= 0.6 is 0 Å². The summed E-state index contributed by atoms with van der Waals surface area (Å²) in [5.41, 5.74) is 2.88. The van der Waals surface area contributed by atoms with Gasteiger partial charge in [-0.2, -0.15) is 0 Å². The van der Waals surface area contributed by atoms with Crippen LogP contribution in [-0.4, -0.2) is 34.2 Å². The zero-order chi connectivity index (χ0) is 19.2. The zero-order valence-corrected chi connectivity index (χ0v) is 16.2. The number of anilines is 1. The molecular weight excluding hydrogens is 364 g/mol. The summed E-state index contributed by atoms with van der Waals surface area (Å²) in [5.74, 6) is 1.36. The minimum atomic E-state index is -3.75. The molecule has 0 bridgehead atoms. The van der Waals surface area contributed by atoms with Crippen LogP contribution in [0.25, 0.3) is 10.9 Å². The van der Waals surface area contributed by atoms with Crippen LogP contribution in [0, 0.1) is 6.92 Å². The number of rotatable bonds is 4. The first-order chi connectivity index (χ1) is 12.9. The first kappa shape index (κ1) is 17.6. The number of aromatic nitrogens is 1. The van der Waals surface area contributed by atoms with Gasteiger partial charge in [-0.05, 0) is 49.2 Å². The molecular formula is C20H20N2O4S. The molecule has 4 rings (SSSR count). The lowest BCUT2D eigenvalue weighted by Gasteiger charge is -2.19. The number of ether oxygens (including phenoxy) is 2. The van der Waals surface area contributed by atoms with Gasteiger partial charge in [-0.3, -0.25) is 0 Å². The van der Waals surface area contributed by atoms with E-state index in [1.165, 1.54) is 30.7 Å². The van der Waals surface area contributed by atoms with Crippen molar-refractivity contribution in [1.29, 1.82) is 0 Å². The predicted molar refractivity (Wildman–Crippen MR) is 104 cm³/mol. The minimum absolute atomic E-state index is 0.152. The van der Waals surface area contributed by atoms with Gasteiger partial charge in [0.05, 0.1) is 24.6 Å². The molecule has 0 fully saturated rings. The Balaban J connectivity index is 1.80. The topological polar surface area (TPSA) is 68.7 Å². The number of pyridine rings is 1. The SMILES string of the molecule is COc1ccc(S(=O)(=O)N2CCc3cc4cc(C)ccc4nc32)cc1OC. The molecule has 0 spiro atoms. The second kappa shape index (κ2) is 6.42. The molecule has 7 heteroatoms. The molecule has 0 aliphatic carbocycles. The highest BCUT2D eigenvalue weighted by molar-refractivity contribution is 7.92. The molecule has 2 heterocycles. The third-order valence-electron chi connectivity index (χ3n) is 4.79. The van der Waals surface area contributed by atoms with E-state index < -0.39 is 10.0 Å². The van der Waals surface area contributed by atoms with Crippen molar-refractivity contribution in [3.63, 3.8) is 0 Å². The summed E-state index contributed by atoms with van der Waals surface area (Å²) in [5, 5.41) is 1.03. The molecule has 2 aromatic carbocycles. The van der Waals surface area contributed by atoms with Crippen LogP contribution < -0.4 is 13.8 Å². The maximum atomic E-state index is 13.2. The number of aryl methyl sites for hydroxylation is 1. The Morgan fingerprint density at radius 1 is 1.00 bits per heavy atom. The first-order valence-electron chi connectivity index (χ1n) is 8.59. The summed E-state index contributed by atoms with van der Waals surface area (Å²) in [7, 11) is -0.757. The van der Waals surface area contributed by atoms with E-state index in [0.717, 1.165) is 22.0 Å². The molecule has 0 radical (unpaired) electrons. The molecule has 0 unspecified atom stereocenters. The highest BCUT2D eigenvalue weighted by atomic mass is 32.2. The Morgan fingerprint density at radius 2 is 1.78 bits per heavy atom. The standard InChI is InChI=1S/C20H20N2O4S/c1-13-4-6-17-15(10-13)11-14-8-9-22(20(14)21-17)27(23,24)16-5-7-18(25-2)19(12-16)26-3/h4-7,10-12H,8-9H2,1-3H3. The van der Waals surface area contributed by atoms with Gasteiger partial charge in [0.25, 0.3) is 10.0 Å². The third kappa shape index (κ3) is 2.88. The van der Waals surface area contributed by atoms with E-state index in [-0.39, 0.29) is 4.90 Å². The summed E-state index contributed by atoms with van der Waals surface area (Å²) in [4.78, 5) is 4.79. The van der Waals surface area contributed by atoms with Gasteiger partial charge >= 0.3 is 0 Å². The lowest BCUT2D eigenvalue weighted by molar-refractivity contribution is 0.354. The van der Waals surface area contributed by atoms with Gasteiger partial charge < -0.3 is 9.47 Å². The van der Waals surface area contributed by atoms with E-state index in [0.29, 0.717) is 30.3 Å². The van der Waals surface area contributed by atoms with Crippen LogP contribution in [0.5, 0.6) is 11.5 Å². The fourth-order valence-electron chi connectivity index (χ4n) is 3.40. The molecule has 0 amide bonds. The monoisotopic (exact) mass is 384 g/mol. The Labute approximate surface area is 158 Å². The van der Waals surface area contributed by atoms with Crippen molar-refractivity contribution in [1.82, 2.24) is 4.98 Å². The number of benzene rings is 2. The normalized spacial score (nSPS) is 13.7. The average Bonchev–Trinajstić information content (AvgIpc) is 3.09. The smallest absolute Gasteiger partial charge is 0.265 e.